The second-order valence-corrected chi connectivity index (χ2v) is 14.1. The summed E-state index contributed by atoms with van der Waals surface area (Å²) in [6.07, 6.45) is 4.67. The van der Waals surface area contributed by atoms with Crippen molar-refractivity contribution < 1.29 is 27.9 Å². The van der Waals surface area contributed by atoms with Gasteiger partial charge in [0.15, 0.2) is 17.3 Å². The number of rotatable bonds is 11. The van der Waals surface area contributed by atoms with Crippen LogP contribution in [0, 0.1) is 5.82 Å². The van der Waals surface area contributed by atoms with Crippen molar-refractivity contribution in [1.82, 2.24) is 25.0 Å². The van der Waals surface area contributed by atoms with Gasteiger partial charge in [0.2, 0.25) is 11.3 Å². The minimum atomic E-state index is -0.633. The maximum absolute atomic E-state index is 16.5. The van der Waals surface area contributed by atoms with E-state index in [-0.39, 0.29) is 34.3 Å². The molecule has 2 amide bonds. The van der Waals surface area contributed by atoms with Crippen molar-refractivity contribution in [1.29, 1.82) is 0 Å². The molecule has 1 atom stereocenters. The Morgan fingerprint density at radius 1 is 0.981 bits per heavy atom. The molecule has 5 aromatic rings. The number of benzene rings is 3. The monoisotopic (exact) mass is 710 g/mol. The number of carbonyl (C=O) groups is 2. The number of para-hydroxylation sites is 1. The van der Waals surface area contributed by atoms with Crippen LogP contribution in [0.4, 0.5) is 10.1 Å². The zero-order valence-electron chi connectivity index (χ0n) is 29.5. The molecule has 0 radical (unpaired) electrons. The maximum Gasteiger partial charge on any atom is 0.259 e. The summed E-state index contributed by atoms with van der Waals surface area (Å²) < 4.78 is 36.4. The lowest BCUT2D eigenvalue weighted by molar-refractivity contribution is -0.121. The van der Waals surface area contributed by atoms with E-state index in [1.54, 1.807) is 15.7 Å². The molecule has 2 saturated heterocycles. The summed E-state index contributed by atoms with van der Waals surface area (Å²) in [6.45, 7) is 4.81. The molecule has 0 bridgehead atoms. The van der Waals surface area contributed by atoms with Crippen molar-refractivity contribution in [2.75, 3.05) is 78.0 Å². The summed E-state index contributed by atoms with van der Waals surface area (Å²) in [7, 11) is 4.12. The minimum absolute atomic E-state index is 0.0453. The Hall–Kier alpha value is -4.98. The molecule has 2 fully saturated rings. The molecule has 3 aliphatic heterocycles. The Balaban J connectivity index is 1.12. The van der Waals surface area contributed by atoms with Crippen LogP contribution in [0.2, 0.25) is 0 Å². The highest BCUT2D eigenvalue weighted by molar-refractivity contribution is 6.07. The summed E-state index contributed by atoms with van der Waals surface area (Å²) >= 11 is 0. The van der Waals surface area contributed by atoms with Gasteiger partial charge in [0.1, 0.15) is 27.9 Å². The molecule has 2 aromatic heterocycles. The summed E-state index contributed by atoms with van der Waals surface area (Å²) in [5.74, 6) is -0.485. The van der Waals surface area contributed by atoms with Gasteiger partial charge < -0.3 is 43.8 Å². The smallest absolute Gasteiger partial charge is 0.259 e. The lowest BCUT2D eigenvalue weighted by Crippen LogP contribution is -2.42. The first-order valence-electron chi connectivity index (χ1n) is 18.1. The second kappa shape index (κ2) is 14.2. The molecule has 3 aliphatic rings. The van der Waals surface area contributed by atoms with Crippen LogP contribution in [0.3, 0.4) is 0 Å². The first-order chi connectivity index (χ1) is 25.3. The number of pyridine rings is 1. The Kier molecular flexibility index (Phi) is 9.32. The zero-order chi connectivity index (χ0) is 35.9. The van der Waals surface area contributed by atoms with E-state index in [0.29, 0.717) is 86.9 Å². The lowest BCUT2D eigenvalue weighted by Gasteiger charge is -2.30. The number of anilines is 1. The van der Waals surface area contributed by atoms with Crippen molar-refractivity contribution in [3.8, 4) is 17.2 Å². The largest absolute Gasteiger partial charge is 0.456 e. The topological polar surface area (TPSA) is 122 Å². The molecule has 0 unspecified atom stereocenters. The number of hydrogen-bond donors (Lipinski definition) is 2. The number of nitrogens with one attached hydrogen (secondary N) is 2. The fraction of sp³-hybridized carbons (Fsp3) is 0.410. The molecule has 272 valence electrons. The van der Waals surface area contributed by atoms with Gasteiger partial charge in [-0.25, -0.2) is 4.39 Å². The number of aromatic nitrogens is 1. The van der Waals surface area contributed by atoms with Crippen LogP contribution < -0.4 is 25.7 Å². The number of amides is 2. The number of hydrogen-bond acceptors (Lipinski definition) is 9. The van der Waals surface area contributed by atoms with Crippen LogP contribution in [0.5, 0.6) is 11.5 Å². The van der Waals surface area contributed by atoms with E-state index in [2.05, 4.69) is 29.6 Å². The van der Waals surface area contributed by atoms with Gasteiger partial charge in [0.25, 0.3) is 5.91 Å². The highest BCUT2D eigenvalue weighted by Gasteiger charge is 2.35. The highest BCUT2D eigenvalue weighted by atomic mass is 19.1. The fourth-order valence-electron chi connectivity index (χ4n) is 7.59. The zero-order valence-corrected chi connectivity index (χ0v) is 29.5. The van der Waals surface area contributed by atoms with Crippen LogP contribution in [-0.4, -0.2) is 105 Å². The van der Waals surface area contributed by atoms with Crippen molar-refractivity contribution >= 4 is 50.3 Å². The summed E-state index contributed by atoms with van der Waals surface area (Å²) in [4.78, 5) is 46.3. The third kappa shape index (κ3) is 6.37. The molecule has 12 nitrogen and oxygen atoms in total. The third-order valence-corrected chi connectivity index (χ3v) is 10.2. The van der Waals surface area contributed by atoms with Crippen LogP contribution in [0.25, 0.3) is 38.5 Å². The number of nitrogens with zero attached hydrogens (tertiary/aromatic N) is 4. The predicted molar refractivity (Wildman–Crippen MR) is 198 cm³/mol. The van der Waals surface area contributed by atoms with Crippen LogP contribution in [0.15, 0.2) is 57.9 Å². The second-order valence-electron chi connectivity index (χ2n) is 14.1. The molecule has 0 spiro atoms. The molecular weight excluding hydrogens is 667 g/mol. The Morgan fingerprint density at radius 3 is 2.63 bits per heavy atom. The molecule has 13 heteroatoms. The van der Waals surface area contributed by atoms with Crippen molar-refractivity contribution in [2.45, 2.75) is 31.7 Å². The Morgan fingerprint density at radius 2 is 1.81 bits per heavy atom. The van der Waals surface area contributed by atoms with Gasteiger partial charge in [-0.1, -0.05) is 18.2 Å². The summed E-state index contributed by atoms with van der Waals surface area (Å²) in [5.41, 5.74) is 1.84. The normalized spacial score (nSPS) is 17.0. The van der Waals surface area contributed by atoms with Crippen LogP contribution >= 0.6 is 0 Å². The van der Waals surface area contributed by atoms with Gasteiger partial charge in [0.05, 0.1) is 24.3 Å². The molecule has 5 heterocycles. The number of ether oxygens (including phenoxy) is 2. The molecule has 2 N–H and O–H groups in total. The number of carbonyl (C=O) groups excluding carboxylic acids is 2. The molecule has 0 aliphatic carbocycles. The average molecular weight is 711 g/mol. The molecule has 8 rings (SSSR count). The molecular formula is C39H43FN6O6. The average Bonchev–Trinajstić information content (AvgIpc) is 3.75. The SMILES string of the molecule is CN(C)CCCCNCCC(=O)N[C@@H]1CCN(c2c(F)cc3c(=O)c(C(=O)N4CCOCC4)cn4c3c2Oc2cc3c(cc2-4)oc2ccccc23)C1. The van der Waals surface area contributed by atoms with Gasteiger partial charge in [-0.2, -0.15) is 0 Å². The van der Waals surface area contributed by atoms with Crippen molar-refractivity contribution in [3.05, 3.63) is 70.3 Å². The van der Waals surface area contributed by atoms with Crippen LogP contribution in [0.1, 0.15) is 36.0 Å². The Labute approximate surface area is 300 Å². The number of unbranched alkanes of at least 4 members (excludes halogenated alkanes) is 1. The van der Waals surface area contributed by atoms with Crippen LogP contribution in [-0.2, 0) is 9.53 Å². The number of halogens is 1. The third-order valence-electron chi connectivity index (χ3n) is 10.2. The Bertz CT molecular complexity index is 2240. The molecule has 0 saturated carbocycles. The van der Waals surface area contributed by atoms with Gasteiger partial charge in [0, 0.05) is 68.2 Å². The van der Waals surface area contributed by atoms with E-state index in [4.69, 9.17) is 13.9 Å². The standard InChI is InChI=1S/C39H43FN6O6/c1-43(2)13-6-5-11-41-12-9-34(47)42-24-10-14-45(22-24)36-29(40)19-27-35-38(36)52-33-20-26-25-7-3-4-8-31(25)51-32(26)21-30(33)46(35)23-28(37(27)48)39(49)44-15-17-50-18-16-44/h3-4,7-8,19-21,23-24,41H,5-6,9-18,22H2,1-2H3,(H,42,47)/t24-/m1/s1. The first kappa shape index (κ1) is 34.1. The van der Waals surface area contributed by atoms with E-state index < -0.39 is 17.2 Å². The first-order valence-corrected chi connectivity index (χ1v) is 18.1. The maximum atomic E-state index is 16.5. The van der Waals surface area contributed by atoms with E-state index in [0.717, 1.165) is 36.7 Å². The number of morpholine rings is 1. The van der Waals surface area contributed by atoms with Gasteiger partial charge in [-0.15, -0.1) is 0 Å². The van der Waals surface area contributed by atoms with E-state index in [9.17, 15) is 14.4 Å². The van der Waals surface area contributed by atoms with E-state index >= 15 is 4.39 Å². The summed E-state index contributed by atoms with van der Waals surface area (Å²) in [6, 6.07) is 12.4. The number of furan rings is 1. The van der Waals surface area contributed by atoms with Crippen molar-refractivity contribution in [3.63, 3.8) is 0 Å². The summed E-state index contributed by atoms with van der Waals surface area (Å²) in [5, 5.41) is 8.23. The predicted octanol–water partition coefficient (Wildman–Crippen LogP) is 4.62. The molecule has 52 heavy (non-hydrogen) atoms. The quantitative estimate of drug-likeness (QED) is 0.186. The lowest BCUT2D eigenvalue weighted by atomic mass is 10.0. The van der Waals surface area contributed by atoms with Crippen molar-refractivity contribution in [2.24, 2.45) is 0 Å². The molecule has 3 aromatic carbocycles. The van der Waals surface area contributed by atoms with E-state index in [1.807, 2.05) is 41.3 Å². The fourth-order valence-corrected chi connectivity index (χ4v) is 7.59. The highest BCUT2D eigenvalue weighted by Crippen LogP contribution is 2.49. The minimum Gasteiger partial charge on any atom is -0.456 e. The van der Waals surface area contributed by atoms with Gasteiger partial charge in [-0.05, 0) is 64.6 Å². The number of fused-ring (bicyclic) bond motifs is 5. The van der Waals surface area contributed by atoms with E-state index in [1.165, 1.54) is 6.07 Å². The van der Waals surface area contributed by atoms with Gasteiger partial charge >= 0.3 is 0 Å². The van der Waals surface area contributed by atoms with Gasteiger partial charge in [-0.3, -0.25) is 14.4 Å².